The standard InChI is InChI=1S/C21H29N3O4/c1-15-11-22-24(12-15)17-5-7-18(8-6-17)27-14-16-13-26-10-9-19(16)28-20(25)23-21(2,3)4/h5-8,11-12,16,19H,9-10,13-14H2,1-4H3,(H,23,25). The van der Waals surface area contributed by atoms with Crippen molar-refractivity contribution in [3.8, 4) is 11.4 Å². The Labute approximate surface area is 166 Å². The van der Waals surface area contributed by atoms with Gasteiger partial charge >= 0.3 is 6.09 Å². The van der Waals surface area contributed by atoms with Gasteiger partial charge in [0.25, 0.3) is 0 Å². The maximum absolute atomic E-state index is 12.1. The summed E-state index contributed by atoms with van der Waals surface area (Å²) >= 11 is 0. The smallest absolute Gasteiger partial charge is 0.407 e. The quantitative estimate of drug-likeness (QED) is 0.850. The molecule has 0 saturated carbocycles. The number of carbonyl (C=O) groups is 1. The molecule has 1 aliphatic rings. The number of rotatable bonds is 5. The molecule has 1 aromatic carbocycles. The van der Waals surface area contributed by atoms with Crippen LogP contribution in [0.4, 0.5) is 4.79 Å². The lowest BCUT2D eigenvalue weighted by Gasteiger charge is -2.32. The van der Waals surface area contributed by atoms with Crippen LogP contribution in [-0.4, -0.2) is 47.3 Å². The maximum atomic E-state index is 12.1. The molecule has 0 bridgehead atoms. The molecule has 1 amide bonds. The molecule has 0 spiro atoms. The summed E-state index contributed by atoms with van der Waals surface area (Å²) in [6.45, 7) is 9.30. The number of benzene rings is 1. The Bertz CT molecular complexity index is 780. The lowest BCUT2D eigenvalue weighted by Crippen LogP contribution is -2.46. The molecule has 7 nitrogen and oxygen atoms in total. The van der Waals surface area contributed by atoms with E-state index in [9.17, 15) is 4.79 Å². The van der Waals surface area contributed by atoms with E-state index in [1.807, 2.05) is 69.0 Å². The van der Waals surface area contributed by atoms with Crippen LogP contribution in [0.15, 0.2) is 36.7 Å². The highest BCUT2D eigenvalue weighted by Crippen LogP contribution is 2.22. The van der Waals surface area contributed by atoms with Crippen molar-refractivity contribution in [1.29, 1.82) is 0 Å². The van der Waals surface area contributed by atoms with Crippen LogP contribution in [-0.2, 0) is 9.47 Å². The van der Waals surface area contributed by atoms with Gasteiger partial charge in [0.05, 0.1) is 37.6 Å². The fraction of sp³-hybridized carbons (Fsp3) is 0.524. The minimum Gasteiger partial charge on any atom is -0.493 e. The van der Waals surface area contributed by atoms with Gasteiger partial charge < -0.3 is 19.5 Å². The van der Waals surface area contributed by atoms with E-state index >= 15 is 0 Å². The van der Waals surface area contributed by atoms with Crippen molar-refractivity contribution in [1.82, 2.24) is 15.1 Å². The summed E-state index contributed by atoms with van der Waals surface area (Å²) in [5.74, 6) is 0.754. The van der Waals surface area contributed by atoms with Crippen molar-refractivity contribution in [2.45, 2.75) is 45.8 Å². The summed E-state index contributed by atoms with van der Waals surface area (Å²) in [5, 5.41) is 7.14. The van der Waals surface area contributed by atoms with Crippen molar-refractivity contribution in [2.24, 2.45) is 5.92 Å². The first kappa shape index (κ1) is 20.2. The minimum atomic E-state index is -0.400. The topological polar surface area (TPSA) is 74.6 Å². The Hall–Kier alpha value is -2.54. The molecule has 2 aromatic rings. The number of alkyl carbamates (subject to hydrolysis) is 1. The highest BCUT2D eigenvalue weighted by Gasteiger charge is 2.30. The van der Waals surface area contributed by atoms with Gasteiger partial charge in [0.15, 0.2) is 0 Å². The zero-order valence-corrected chi connectivity index (χ0v) is 17.0. The number of ether oxygens (including phenoxy) is 3. The van der Waals surface area contributed by atoms with E-state index in [0.717, 1.165) is 17.0 Å². The first-order chi connectivity index (χ1) is 13.3. The van der Waals surface area contributed by atoms with E-state index in [0.29, 0.717) is 26.2 Å². The molecule has 152 valence electrons. The number of carbonyl (C=O) groups excluding carboxylic acids is 1. The molecule has 0 radical (unpaired) electrons. The number of aryl methyl sites for hydroxylation is 1. The van der Waals surface area contributed by atoms with Gasteiger partial charge in [-0.15, -0.1) is 0 Å². The summed E-state index contributed by atoms with van der Waals surface area (Å²) in [6, 6.07) is 7.75. The summed E-state index contributed by atoms with van der Waals surface area (Å²) in [6.07, 6.45) is 3.84. The van der Waals surface area contributed by atoms with Crippen molar-refractivity contribution in [2.75, 3.05) is 19.8 Å². The molecule has 3 rings (SSSR count). The van der Waals surface area contributed by atoms with E-state index in [1.165, 1.54) is 0 Å². The second-order valence-electron chi connectivity index (χ2n) is 8.21. The highest BCUT2D eigenvalue weighted by molar-refractivity contribution is 5.68. The van der Waals surface area contributed by atoms with Crippen LogP contribution in [0.3, 0.4) is 0 Å². The van der Waals surface area contributed by atoms with Crippen molar-refractivity contribution < 1.29 is 19.0 Å². The van der Waals surface area contributed by atoms with E-state index in [4.69, 9.17) is 14.2 Å². The van der Waals surface area contributed by atoms with Crippen molar-refractivity contribution in [3.05, 3.63) is 42.2 Å². The van der Waals surface area contributed by atoms with Gasteiger partial charge in [-0.25, -0.2) is 9.48 Å². The van der Waals surface area contributed by atoms with Crippen LogP contribution in [0, 0.1) is 12.8 Å². The van der Waals surface area contributed by atoms with Gasteiger partial charge in [0.2, 0.25) is 0 Å². The molecule has 1 N–H and O–H groups in total. The average Bonchev–Trinajstić information content (AvgIpc) is 3.06. The average molecular weight is 387 g/mol. The second-order valence-corrected chi connectivity index (χ2v) is 8.21. The first-order valence-electron chi connectivity index (χ1n) is 9.61. The summed E-state index contributed by atoms with van der Waals surface area (Å²) < 4.78 is 18.9. The Morgan fingerprint density at radius 1 is 1.32 bits per heavy atom. The molecule has 2 atom stereocenters. The molecule has 0 aliphatic carbocycles. The van der Waals surface area contributed by atoms with Crippen molar-refractivity contribution in [3.63, 3.8) is 0 Å². The van der Waals surface area contributed by atoms with E-state index < -0.39 is 6.09 Å². The molecular weight excluding hydrogens is 358 g/mol. The van der Waals surface area contributed by atoms with Crippen LogP contribution in [0.1, 0.15) is 32.8 Å². The zero-order chi connectivity index (χ0) is 20.1. The molecule has 1 fully saturated rings. The van der Waals surface area contributed by atoms with Crippen LogP contribution in [0.5, 0.6) is 5.75 Å². The Kier molecular flexibility index (Phi) is 6.24. The van der Waals surface area contributed by atoms with Crippen LogP contribution >= 0.6 is 0 Å². The number of nitrogens with one attached hydrogen (secondary N) is 1. The predicted molar refractivity (Wildman–Crippen MR) is 106 cm³/mol. The van der Waals surface area contributed by atoms with E-state index in [1.54, 1.807) is 0 Å². The van der Waals surface area contributed by atoms with Crippen LogP contribution < -0.4 is 10.1 Å². The Balaban J connectivity index is 1.55. The van der Waals surface area contributed by atoms with Gasteiger partial charge in [-0.3, -0.25) is 0 Å². The number of nitrogens with zero attached hydrogens (tertiary/aromatic N) is 2. The summed E-state index contributed by atoms with van der Waals surface area (Å²) in [5.41, 5.74) is 1.75. The third-order valence-corrected chi connectivity index (χ3v) is 4.42. The number of aromatic nitrogens is 2. The third kappa shape index (κ3) is 5.73. The minimum absolute atomic E-state index is 0.00656. The molecule has 2 unspecified atom stereocenters. The largest absolute Gasteiger partial charge is 0.493 e. The van der Waals surface area contributed by atoms with Gasteiger partial charge in [0, 0.05) is 18.2 Å². The normalized spacial score (nSPS) is 19.9. The van der Waals surface area contributed by atoms with Crippen LogP contribution in [0.2, 0.25) is 0 Å². The Morgan fingerprint density at radius 3 is 2.71 bits per heavy atom. The third-order valence-electron chi connectivity index (χ3n) is 4.42. The molecule has 1 aromatic heterocycles. The Morgan fingerprint density at radius 2 is 2.07 bits per heavy atom. The monoisotopic (exact) mass is 387 g/mol. The van der Waals surface area contributed by atoms with Crippen molar-refractivity contribution >= 4 is 6.09 Å². The van der Waals surface area contributed by atoms with Gasteiger partial charge in [-0.1, -0.05) is 0 Å². The number of hydrogen-bond acceptors (Lipinski definition) is 5. The van der Waals surface area contributed by atoms with E-state index in [-0.39, 0.29) is 17.6 Å². The molecule has 1 saturated heterocycles. The maximum Gasteiger partial charge on any atom is 0.407 e. The summed E-state index contributed by atoms with van der Waals surface area (Å²) in [7, 11) is 0. The van der Waals surface area contributed by atoms with Crippen LogP contribution in [0.25, 0.3) is 5.69 Å². The number of hydrogen-bond donors (Lipinski definition) is 1. The predicted octanol–water partition coefficient (Wildman–Crippen LogP) is 3.49. The SMILES string of the molecule is Cc1cnn(-c2ccc(OCC3COCCC3OC(=O)NC(C)(C)C)cc2)c1. The molecule has 7 heteroatoms. The first-order valence-corrected chi connectivity index (χ1v) is 9.61. The molecule has 2 heterocycles. The number of amides is 1. The molecular formula is C21H29N3O4. The summed E-state index contributed by atoms with van der Waals surface area (Å²) in [4.78, 5) is 12.1. The van der Waals surface area contributed by atoms with Gasteiger partial charge in [0.1, 0.15) is 11.9 Å². The van der Waals surface area contributed by atoms with E-state index in [2.05, 4.69) is 10.4 Å². The van der Waals surface area contributed by atoms with Gasteiger partial charge in [-0.05, 0) is 57.5 Å². The fourth-order valence-corrected chi connectivity index (χ4v) is 3.01. The highest BCUT2D eigenvalue weighted by atomic mass is 16.6. The van der Waals surface area contributed by atoms with Gasteiger partial charge in [-0.2, -0.15) is 5.10 Å². The molecule has 28 heavy (non-hydrogen) atoms. The zero-order valence-electron chi connectivity index (χ0n) is 17.0. The lowest BCUT2D eigenvalue weighted by molar-refractivity contribution is -0.0569. The molecule has 1 aliphatic heterocycles. The lowest BCUT2D eigenvalue weighted by atomic mass is 9.99. The fourth-order valence-electron chi connectivity index (χ4n) is 3.01. The second kappa shape index (κ2) is 8.65.